The number of amides is 2. The van der Waals surface area contributed by atoms with Crippen molar-refractivity contribution < 1.29 is 9.53 Å². The van der Waals surface area contributed by atoms with Gasteiger partial charge in [-0.3, -0.25) is 4.98 Å². The highest BCUT2D eigenvalue weighted by atomic mass is 32.1. The summed E-state index contributed by atoms with van der Waals surface area (Å²) in [6.45, 7) is 3.53. The molecule has 2 heterocycles. The Hall–Kier alpha value is -2.86. The first-order valence-corrected chi connectivity index (χ1v) is 9.38. The first-order chi connectivity index (χ1) is 12.7. The number of hydrogen-bond donors (Lipinski definition) is 1. The maximum absolute atomic E-state index is 12.8. The lowest BCUT2D eigenvalue weighted by Crippen LogP contribution is -2.34. The molecule has 0 spiro atoms. The molecule has 3 rings (SSSR count). The highest BCUT2D eigenvalue weighted by molar-refractivity contribution is 7.07. The van der Waals surface area contributed by atoms with Crippen molar-refractivity contribution in [3.8, 4) is 5.75 Å². The van der Waals surface area contributed by atoms with Gasteiger partial charge in [0, 0.05) is 18.4 Å². The fraction of sp³-hybridized carbons (Fsp3) is 0.200. The molecular formula is C20H21N3O2S. The number of pyridine rings is 1. The zero-order valence-corrected chi connectivity index (χ0v) is 15.4. The van der Waals surface area contributed by atoms with Crippen molar-refractivity contribution >= 4 is 23.1 Å². The van der Waals surface area contributed by atoms with Crippen molar-refractivity contribution in [3.63, 3.8) is 0 Å². The summed E-state index contributed by atoms with van der Waals surface area (Å²) in [4.78, 5) is 18.9. The summed E-state index contributed by atoms with van der Waals surface area (Å²) in [5, 5.41) is 7.01. The Kier molecular flexibility index (Phi) is 6.22. The van der Waals surface area contributed by atoms with Crippen LogP contribution in [0.3, 0.4) is 0 Å². The summed E-state index contributed by atoms with van der Waals surface area (Å²) in [5.41, 5.74) is 2.69. The van der Waals surface area contributed by atoms with Gasteiger partial charge in [0.25, 0.3) is 0 Å². The number of ether oxygens (including phenoxy) is 1. The van der Waals surface area contributed by atoms with Crippen molar-refractivity contribution in [1.29, 1.82) is 0 Å². The molecule has 134 valence electrons. The van der Waals surface area contributed by atoms with Gasteiger partial charge >= 0.3 is 6.03 Å². The van der Waals surface area contributed by atoms with E-state index in [9.17, 15) is 4.79 Å². The third-order valence-electron chi connectivity index (χ3n) is 3.74. The van der Waals surface area contributed by atoms with Gasteiger partial charge in [0.15, 0.2) is 0 Å². The average molecular weight is 367 g/mol. The first-order valence-electron chi connectivity index (χ1n) is 8.44. The van der Waals surface area contributed by atoms with Crippen molar-refractivity contribution in [1.82, 2.24) is 9.88 Å². The summed E-state index contributed by atoms with van der Waals surface area (Å²) in [7, 11) is 0. The third kappa shape index (κ3) is 5.07. The molecule has 26 heavy (non-hydrogen) atoms. The molecule has 0 aliphatic carbocycles. The summed E-state index contributed by atoms with van der Waals surface area (Å²) in [6, 6.07) is 15.0. The monoisotopic (exact) mass is 367 g/mol. The Morgan fingerprint density at radius 3 is 2.65 bits per heavy atom. The molecule has 0 bridgehead atoms. The predicted molar refractivity (Wildman–Crippen MR) is 104 cm³/mol. The smallest absolute Gasteiger partial charge is 0.322 e. The molecule has 0 unspecified atom stereocenters. The highest BCUT2D eigenvalue weighted by Gasteiger charge is 2.16. The summed E-state index contributed by atoms with van der Waals surface area (Å²) >= 11 is 1.62. The Morgan fingerprint density at radius 1 is 1.15 bits per heavy atom. The van der Waals surface area contributed by atoms with Gasteiger partial charge in [-0.15, -0.1) is 0 Å². The maximum Gasteiger partial charge on any atom is 0.322 e. The van der Waals surface area contributed by atoms with Gasteiger partial charge in [0.1, 0.15) is 5.75 Å². The second-order valence-electron chi connectivity index (χ2n) is 5.70. The van der Waals surface area contributed by atoms with Gasteiger partial charge in [0.2, 0.25) is 0 Å². The number of anilines is 1. The molecule has 0 aliphatic heterocycles. The van der Waals surface area contributed by atoms with Crippen molar-refractivity contribution in [3.05, 3.63) is 76.7 Å². The van der Waals surface area contributed by atoms with Crippen molar-refractivity contribution in [2.45, 2.75) is 20.0 Å². The molecular weight excluding hydrogens is 346 g/mol. The topological polar surface area (TPSA) is 54.5 Å². The van der Waals surface area contributed by atoms with Crippen LogP contribution in [0.25, 0.3) is 0 Å². The first kappa shape index (κ1) is 17.9. The number of benzene rings is 1. The second-order valence-corrected chi connectivity index (χ2v) is 6.48. The lowest BCUT2D eigenvalue weighted by molar-refractivity contribution is 0.206. The van der Waals surface area contributed by atoms with Crippen LogP contribution in [0.4, 0.5) is 10.5 Å². The number of nitrogens with one attached hydrogen (secondary N) is 1. The highest BCUT2D eigenvalue weighted by Crippen LogP contribution is 2.18. The second kappa shape index (κ2) is 9.01. The lowest BCUT2D eigenvalue weighted by Gasteiger charge is -2.22. The van der Waals surface area contributed by atoms with E-state index in [1.807, 2.05) is 60.8 Å². The van der Waals surface area contributed by atoms with Crippen LogP contribution in [-0.2, 0) is 13.1 Å². The molecule has 0 aliphatic rings. The van der Waals surface area contributed by atoms with Gasteiger partial charge in [0.05, 0.1) is 18.8 Å². The molecule has 5 nitrogen and oxygen atoms in total. The van der Waals surface area contributed by atoms with E-state index >= 15 is 0 Å². The summed E-state index contributed by atoms with van der Waals surface area (Å²) in [6.07, 6.45) is 1.74. The van der Waals surface area contributed by atoms with Gasteiger partial charge in [-0.1, -0.05) is 6.07 Å². The molecule has 0 radical (unpaired) electrons. The number of nitrogens with zero attached hydrogens (tertiary/aromatic N) is 2. The number of aromatic nitrogens is 1. The SMILES string of the molecule is CCOc1ccc(NC(=O)N(Cc2ccsc2)Cc2ccccn2)cc1. The number of rotatable bonds is 7. The van der Waals surface area contributed by atoms with E-state index in [4.69, 9.17) is 4.74 Å². The molecule has 1 N–H and O–H groups in total. The fourth-order valence-electron chi connectivity index (χ4n) is 2.49. The quantitative estimate of drug-likeness (QED) is 0.654. The van der Waals surface area contributed by atoms with E-state index in [2.05, 4.69) is 15.7 Å². The molecule has 0 saturated carbocycles. The largest absolute Gasteiger partial charge is 0.494 e. The molecule has 0 fully saturated rings. The van der Waals surface area contributed by atoms with E-state index in [0.717, 1.165) is 22.7 Å². The number of carbonyl (C=O) groups excluding carboxylic acids is 1. The zero-order chi connectivity index (χ0) is 18.2. The van der Waals surface area contributed by atoms with E-state index in [1.54, 1.807) is 22.4 Å². The van der Waals surface area contributed by atoms with Crippen LogP contribution in [0.1, 0.15) is 18.2 Å². The Morgan fingerprint density at radius 2 is 2.00 bits per heavy atom. The number of hydrogen-bond acceptors (Lipinski definition) is 4. The fourth-order valence-corrected chi connectivity index (χ4v) is 3.15. The molecule has 3 aromatic rings. The maximum atomic E-state index is 12.8. The van der Waals surface area contributed by atoms with Crippen LogP contribution < -0.4 is 10.1 Å². The van der Waals surface area contributed by atoms with E-state index < -0.39 is 0 Å². The van der Waals surface area contributed by atoms with Gasteiger partial charge < -0.3 is 15.0 Å². The van der Waals surface area contributed by atoms with Gasteiger partial charge in [-0.2, -0.15) is 11.3 Å². The Bertz CT molecular complexity index is 805. The number of urea groups is 1. The van der Waals surface area contributed by atoms with Crippen LogP contribution in [0, 0.1) is 0 Å². The Balaban J connectivity index is 1.71. The minimum absolute atomic E-state index is 0.161. The minimum Gasteiger partial charge on any atom is -0.494 e. The Labute approximate surface area is 157 Å². The lowest BCUT2D eigenvalue weighted by atomic mass is 10.2. The van der Waals surface area contributed by atoms with E-state index in [-0.39, 0.29) is 6.03 Å². The van der Waals surface area contributed by atoms with E-state index in [0.29, 0.717) is 19.7 Å². The summed E-state index contributed by atoms with van der Waals surface area (Å²) in [5.74, 6) is 0.786. The molecule has 6 heteroatoms. The molecule has 0 atom stereocenters. The predicted octanol–water partition coefficient (Wildman–Crippen LogP) is 4.78. The third-order valence-corrected chi connectivity index (χ3v) is 4.47. The van der Waals surface area contributed by atoms with Gasteiger partial charge in [-0.25, -0.2) is 4.79 Å². The number of carbonyl (C=O) groups is 1. The van der Waals surface area contributed by atoms with Crippen molar-refractivity contribution in [2.24, 2.45) is 0 Å². The average Bonchev–Trinajstić information content (AvgIpc) is 3.17. The molecule has 2 amide bonds. The summed E-state index contributed by atoms with van der Waals surface area (Å²) < 4.78 is 5.43. The van der Waals surface area contributed by atoms with Crippen LogP contribution in [0.2, 0.25) is 0 Å². The van der Waals surface area contributed by atoms with E-state index in [1.165, 1.54) is 0 Å². The normalized spacial score (nSPS) is 10.3. The van der Waals surface area contributed by atoms with Gasteiger partial charge in [-0.05, 0) is 65.7 Å². The minimum atomic E-state index is -0.161. The van der Waals surface area contributed by atoms with Crippen LogP contribution in [0.5, 0.6) is 5.75 Å². The zero-order valence-electron chi connectivity index (χ0n) is 14.6. The standard InChI is InChI=1S/C20H21N3O2S/c1-2-25-19-8-6-17(7-9-19)22-20(24)23(13-16-10-12-26-15-16)14-18-5-3-4-11-21-18/h3-12,15H,2,13-14H2,1H3,(H,22,24). The van der Waals surface area contributed by atoms with Crippen LogP contribution in [-0.4, -0.2) is 22.5 Å². The van der Waals surface area contributed by atoms with Crippen LogP contribution in [0.15, 0.2) is 65.5 Å². The van der Waals surface area contributed by atoms with Crippen molar-refractivity contribution in [2.75, 3.05) is 11.9 Å². The number of thiophene rings is 1. The van der Waals surface area contributed by atoms with Crippen LogP contribution >= 0.6 is 11.3 Å². The molecule has 1 aromatic carbocycles. The molecule has 0 saturated heterocycles. The molecule has 2 aromatic heterocycles.